The van der Waals surface area contributed by atoms with Crippen molar-refractivity contribution in [3.8, 4) is 0 Å². The Morgan fingerprint density at radius 2 is 1.43 bits per heavy atom. The van der Waals surface area contributed by atoms with Crippen molar-refractivity contribution in [3.63, 3.8) is 0 Å². The summed E-state index contributed by atoms with van der Waals surface area (Å²) < 4.78 is 0. The lowest BCUT2D eigenvalue weighted by atomic mass is 9.99. The van der Waals surface area contributed by atoms with E-state index in [0.29, 0.717) is 11.1 Å². The molecule has 0 bridgehead atoms. The highest BCUT2D eigenvalue weighted by molar-refractivity contribution is 6.81. The second-order valence-electron chi connectivity index (χ2n) is 7.13. The molecule has 114 valence electrons. The van der Waals surface area contributed by atoms with Crippen molar-refractivity contribution >= 4 is 13.6 Å². The van der Waals surface area contributed by atoms with E-state index < -0.39 is 8.07 Å². The maximum absolute atomic E-state index is 2.55. The van der Waals surface area contributed by atoms with E-state index in [4.69, 9.17) is 0 Å². The van der Waals surface area contributed by atoms with E-state index in [2.05, 4.69) is 98.1 Å². The van der Waals surface area contributed by atoms with Gasteiger partial charge in [-0.05, 0) is 33.3 Å². The summed E-state index contributed by atoms with van der Waals surface area (Å²) in [6.07, 6.45) is 11.8. The van der Waals surface area contributed by atoms with Gasteiger partial charge in [-0.2, -0.15) is 0 Å². The fourth-order valence-electron chi connectivity index (χ4n) is 3.98. The van der Waals surface area contributed by atoms with Gasteiger partial charge in [0.25, 0.3) is 0 Å². The highest BCUT2D eigenvalue weighted by Gasteiger charge is 2.41. The van der Waals surface area contributed by atoms with Crippen molar-refractivity contribution in [2.24, 2.45) is 0 Å². The van der Waals surface area contributed by atoms with Crippen LogP contribution in [0.15, 0.2) is 85.0 Å². The molecule has 1 atom stereocenters. The largest absolute Gasteiger partial charge is 0.0803 e. The Morgan fingerprint density at radius 1 is 0.783 bits per heavy atom. The van der Waals surface area contributed by atoms with Crippen LogP contribution in [0.4, 0.5) is 0 Å². The van der Waals surface area contributed by atoms with Gasteiger partial charge in [0.05, 0.1) is 8.07 Å². The molecule has 0 amide bonds. The smallest absolute Gasteiger partial charge is 0.0707 e. The van der Waals surface area contributed by atoms with E-state index in [0.717, 1.165) is 0 Å². The van der Waals surface area contributed by atoms with Gasteiger partial charge in [0, 0.05) is 0 Å². The Hall–Kier alpha value is -2.12. The van der Waals surface area contributed by atoms with Crippen LogP contribution in [0.3, 0.4) is 0 Å². The molecular weight excluding hydrogens is 292 g/mol. The Labute approximate surface area is 139 Å². The van der Waals surface area contributed by atoms with Gasteiger partial charge in [-0.1, -0.05) is 98.1 Å². The summed E-state index contributed by atoms with van der Waals surface area (Å²) in [5, 5.41) is 0. The molecule has 1 heteroatoms. The van der Waals surface area contributed by atoms with Gasteiger partial charge < -0.3 is 0 Å². The highest BCUT2D eigenvalue weighted by atomic mass is 28.3. The fraction of sp³-hybridized carbons (Fsp3) is 0.182. The van der Waals surface area contributed by atoms with Crippen molar-refractivity contribution in [1.82, 2.24) is 0 Å². The van der Waals surface area contributed by atoms with Gasteiger partial charge in [0.15, 0.2) is 0 Å². The molecule has 2 aliphatic carbocycles. The molecule has 0 saturated carbocycles. The third-order valence-corrected chi connectivity index (χ3v) is 9.60. The van der Waals surface area contributed by atoms with Crippen molar-refractivity contribution < 1.29 is 0 Å². The van der Waals surface area contributed by atoms with Crippen LogP contribution in [-0.2, 0) is 0 Å². The van der Waals surface area contributed by atoms with E-state index in [9.17, 15) is 0 Å². The van der Waals surface area contributed by atoms with E-state index >= 15 is 0 Å². The number of allylic oxidation sites excluding steroid dienone is 5. The van der Waals surface area contributed by atoms with Gasteiger partial charge in [0.2, 0.25) is 0 Å². The van der Waals surface area contributed by atoms with E-state index in [1.807, 2.05) is 0 Å². The zero-order chi connectivity index (χ0) is 15.9. The maximum Gasteiger partial charge on any atom is 0.0707 e. The molecule has 2 aliphatic rings. The Balaban J connectivity index is 1.83. The number of rotatable bonds is 3. The first-order valence-corrected chi connectivity index (χ1v) is 11.5. The molecule has 23 heavy (non-hydrogen) atoms. The van der Waals surface area contributed by atoms with Gasteiger partial charge in [0.1, 0.15) is 0 Å². The van der Waals surface area contributed by atoms with Crippen LogP contribution in [-0.4, -0.2) is 8.07 Å². The van der Waals surface area contributed by atoms with Crippen molar-refractivity contribution in [2.45, 2.75) is 24.2 Å². The van der Waals surface area contributed by atoms with Crippen molar-refractivity contribution in [1.29, 1.82) is 0 Å². The van der Waals surface area contributed by atoms with Crippen LogP contribution in [0.5, 0.6) is 0 Å². The Kier molecular flexibility index (Phi) is 3.46. The molecular formula is C22H22Si. The van der Waals surface area contributed by atoms with E-state index in [1.165, 1.54) is 22.3 Å². The van der Waals surface area contributed by atoms with Crippen LogP contribution in [0.25, 0.3) is 5.57 Å². The van der Waals surface area contributed by atoms with Crippen molar-refractivity contribution in [2.75, 3.05) is 0 Å². The molecule has 2 aromatic carbocycles. The molecule has 0 heterocycles. The summed E-state index contributed by atoms with van der Waals surface area (Å²) >= 11 is 0. The summed E-state index contributed by atoms with van der Waals surface area (Å²) in [4.78, 5) is 0. The van der Waals surface area contributed by atoms with Crippen LogP contribution >= 0.6 is 0 Å². The van der Waals surface area contributed by atoms with E-state index in [1.54, 1.807) is 0 Å². The quantitative estimate of drug-likeness (QED) is 0.613. The first-order chi connectivity index (χ1) is 11.2. The molecule has 0 aliphatic heterocycles. The van der Waals surface area contributed by atoms with Crippen LogP contribution in [0.1, 0.15) is 22.2 Å². The third-order valence-electron chi connectivity index (χ3n) is 5.41. The number of hydrogen-bond acceptors (Lipinski definition) is 0. The average molecular weight is 315 g/mol. The number of hydrogen-bond donors (Lipinski definition) is 0. The predicted octanol–water partition coefficient (Wildman–Crippen LogP) is 5.96. The number of fused-ring (bicyclic) bond motifs is 1. The molecule has 4 rings (SSSR count). The summed E-state index contributed by atoms with van der Waals surface area (Å²) in [6.45, 7) is 5.06. The minimum atomic E-state index is -1.51. The predicted molar refractivity (Wildman–Crippen MR) is 102 cm³/mol. The maximum atomic E-state index is 2.55. The normalized spacial score (nSPS) is 19.9. The van der Waals surface area contributed by atoms with Gasteiger partial charge in [-0.3, -0.25) is 0 Å². The summed E-state index contributed by atoms with van der Waals surface area (Å²) in [5.74, 6) is 0. The lowest BCUT2D eigenvalue weighted by molar-refractivity contribution is 1.09. The molecule has 0 N–H and O–H groups in total. The average Bonchev–Trinajstić information content (AvgIpc) is 3.24. The topological polar surface area (TPSA) is 0 Å². The highest BCUT2D eigenvalue weighted by Crippen LogP contribution is 2.48. The molecule has 0 fully saturated rings. The Morgan fingerprint density at radius 3 is 2.17 bits per heavy atom. The van der Waals surface area contributed by atoms with Crippen LogP contribution < -0.4 is 0 Å². The van der Waals surface area contributed by atoms with Gasteiger partial charge in [-0.15, -0.1) is 0 Å². The third kappa shape index (κ3) is 2.36. The van der Waals surface area contributed by atoms with Gasteiger partial charge in [-0.25, -0.2) is 0 Å². The molecule has 2 aromatic rings. The summed E-state index contributed by atoms with van der Waals surface area (Å²) in [5.41, 5.74) is 6.91. The van der Waals surface area contributed by atoms with Crippen LogP contribution in [0.2, 0.25) is 18.6 Å². The first-order valence-electron chi connectivity index (χ1n) is 8.39. The SMILES string of the molecule is C[Si](C)(C1C=CC=C1)C1C=C(c2ccccc2)c2ccccc21. The molecule has 0 nitrogen and oxygen atoms in total. The molecule has 0 aromatic heterocycles. The van der Waals surface area contributed by atoms with Crippen LogP contribution in [0, 0.1) is 0 Å². The lowest BCUT2D eigenvalue weighted by Crippen LogP contribution is -2.37. The minimum Gasteiger partial charge on any atom is -0.0803 e. The second-order valence-corrected chi connectivity index (χ2v) is 12.1. The zero-order valence-electron chi connectivity index (χ0n) is 13.7. The number of benzene rings is 2. The second kappa shape index (κ2) is 5.50. The summed E-state index contributed by atoms with van der Waals surface area (Å²) in [6, 6.07) is 19.8. The Bertz CT molecular complexity index is 797. The van der Waals surface area contributed by atoms with E-state index in [-0.39, 0.29) is 0 Å². The fourth-order valence-corrected chi connectivity index (χ4v) is 7.26. The van der Waals surface area contributed by atoms with Crippen molar-refractivity contribution in [3.05, 3.63) is 102 Å². The van der Waals surface area contributed by atoms with Gasteiger partial charge >= 0.3 is 0 Å². The zero-order valence-corrected chi connectivity index (χ0v) is 14.7. The first kappa shape index (κ1) is 14.5. The molecule has 1 unspecified atom stereocenters. The minimum absolute atomic E-state index is 0.575. The monoisotopic (exact) mass is 314 g/mol. The molecule has 0 radical (unpaired) electrons. The standard InChI is InChI=1S/C22H22Si/c1-23(2,18-12-6-7-13-18)22-16-21(17-10-4-3-5-11-17)19-14-8-9-15-20(19)22/h3-16,18,22H,1-2H3. The molecule has 0 spiro atoms. The molecule has 0 saturated heterocycles. The lowest BCUT2D eigenvalue weighted by Gasteiger charge is -2.33. The summed E-state index contributed by atoms with van der Waals surface area (Å²) in [7, 11) is -1.51.